The highest BCUT2D eigenvalue weighted by Gasteiger charge is 2.46. The van der Waals surface area contributed by atoms with Gasteiger partial charge >= 0.3 is 0 Å². The van der Waals surface area contributed by atoms with Crippen LogP contribution in [0.1, 0.15) is 36.8 Å². The average Bonchev–Trinajstić information content (AvgIpc) is 3.59. The van der Waals surface area contributed by atoms with E-state index >= 15 is 0 Å². The lowest BCUT2D eigenvalue weighted by molar-refractivity contribution is -0.147. The number of benzene rings is 2. The Hall–Kier alpha value is -2.62. The van der Waals surface area contributed by atoms with E-state index in [0.29, 0.717) is 13.0 Å². The molecule has 0 radical (unpaired) electrons. The predicted octanol–water partition coefficient (Wildman–Crippen LogP) is 4.31. The van der Waals surface area contributed by atoms with Crippen LogP contribution in [-0.4, -0.2) is 48.8 Å². The van der Waals surface area contributed by atoms with Crippen molar-refractivity contribution < 1.29 is 9.59 Å². The van der Waals surface area contributed by atoms with Crippen molar-refractivity contribution >= 4 is 11.8 Å². The van der Waals surface area contributed by atoms with E-state index in [0.717, 1.165) is 37.8 Å². The van der Waals surface area contributed by atoms with Gasteiger partial charge in [-0.25, -0.2) is 0 Å². The summed E-state index contributed by atoms with van der Waals surface area (Å²) in [6.07, 6.45) is 4.40. The van der Waals surface area contributed by atoms with Crippen LogP contribution in [0.15, 0.2) is 48.5 Å². The molecular weight excluding hydrogens is 372 g/mol. The SMILES string of the molecule is Cc1ccc(-c2ccc(C[C@]3(C(=O)N(C)C)CCCN(C(=O)C4CC4)C3)cc2)cc1. The maximum absolute atomic E-state index is 13.3. The van der Waals surface area contributed by atoms with Crippen LogP contribution >= 0.6 is 0 Å². The third-order valence-corrected chi connectivity index (χ3v) is 6.56. The summed E-state index contributed by atoms with van der Waals surface area (Å²) in [5.41, 5.74) is 4.26. The topological polar surface area (TPSA) is 40.6 Å². The Balaban J connectivity index is 1.56. The zero-order valence-electron chi connectivity index (χ0n) is 18.4. The molecule has 1 atom stereocenters. The number of carbonyl (C=O) groups excluding carboxylic acids is 2. The number of hydrogen-bond acceptors (Lipinski definition) is 2. The summed E-state index contributed by atoms with van der Waals surface area (Å²) in [5, 5.41) is 0. The van der Waals surface area contributed by atoms with E-state index in [1.54, 1.807) is 4.90 Å². The monoisotopic (exact) mass is 404 g/mol. The third kappa shape index (κ3) is 4.28. The van der Waals surface area contributed by atoms with Crippen LogP contribution in [-0.2, 0) is 16.0 Å². The van der Waals surface area contributed by atoms with Crippen molar-refractivity contribution in [3.05, 3.63) is 59.7 Å². The molecule has 0 unspecified atom stereocenters. The Morgan fingerprint density at radius 1 is 1.00 bits per heavy atom. The van der Waals surface area contributed by atoms with Crippen LogP contribution in [0.2, 0.25) is 0 Å². The fourth-order valence-corrected chi connectivity index (χ4v) is 4.73. The van der Waals surface area contributed by atoms with Crippen molar-refractivity contribution in [2.45, 2.75) is 39.0 Å². The zero-order chi connectivity index (χ0) is 21.3. The van der Waals surface area contributed by atoms with Gasteiger partial charge in [0.05, 0.1) is 5.41 Å². The summed E-state index contributed by atoms with van der Waals surface area (Å²) in [5.74, 6) is 0.586. The van der Waals surface area contributed by atoms with Crippen LogP contribution in [0.4, 0.5) is 0 Å². The van der Waals surface area contributed by atoms with Crippen molar-refractivity contribution in [2.24, 2.45) is 11.3 Å². The van der Waals surface area contributed by atoms with Crippen LogP contribution in [0.3, 0.4) is 0 Å². The first-order chi connectivity index (χ1) is 14.4. The molecule has 1 saturated heterocycles. The molecule has 1 aliphatic heterocycles. The number of likely N-dealkylation sites (tertiary alicyclic amines) is 1. The molecule has 0 bridgehead atoms. The van der Waals surface area contributed by atoms with E-state index in [2.05, 4.69) is 55.5 Å². The van der Waals surface area contributed by atoms with Crippen molar-refractivity contribution in [1.82, 2.24) is 9.80 Å². The lowest BCUT2D eigenvalue weighted by Gasteiger charge is -2.43. The molecule has 4 nitrogen and oxygen atoms in total. The zero-order valence-corrected chi connectivity index (χ0v) is 18.4. The molecule has 4 rings (SSSR count). The number of nitrogens with zero attached hydrogens (tertiary/aromatic N) is 2. The fraction of sp³-hybridized carbons (Fsp3) is 0.462. The molecule has 0 N–H and O–H groups in total. The Kier molecular flexibility index (Phi) is 5.68. The summed E-state index contributed by atoms with van der Waals surface area (Å²) in [6.45, 7) is 3.42. The Labute approximate surface area is 179 Å². The Morgan fingerprint density at radius 2 is 1.60 bits per heavy atom. The van der Waals surface area contributed by atoms with Gasteiger partial charge in [0.2, 0.25) is 11.8 Å². The van der Waals surface area contributed by atoms with E-state index in [4.69, 9.17) is 0 Å². The van der Waals surface area contributed by atoms with Gasteiger partial charge in [0.1, 0.15) is 0 Å². The van der Waals surface area contributed by atoms with Gasteiger partial charge in [-0.3, -0.25) is 9.59 Å². The van der Waals surface area contributed by atoms with Crippen molar-refractivity contribution in [1.29, 1.82) is 0 Å². The molecule has 2 amide bonds. The summed E-state index contributed by atoms with van der Waals surface area (Å²) in [6, 6.07) is 17.1. The first kappa shape index (κ1) is 20.6. The number of aryl methyl sites for hydroxylation is 1. The normalized spacial score (nSPS) is 21.4. The molecule has 1 heterocycles. The van der Waals surface area contributed by atoms with Crippen LogP contribution in [0.25, 0.3) is 11.1 Å². The van der Waals surface area contributed by atoms with Crippen molar-refractivity contribution in [2.75, 3.05) is 27.2 Å². The van der Waals surface area contributed by atoms with Crippen LogP contribution in [0.5, 0.6) is 0 Å². The van der Waals surface area contributed by atoms with Gasteiger partial charge in [0, 0.05) is 33.1 Å². The van der Waals surface area contributed by atoms with Gasteiger partial charge in [-0.2, -0.15) is 0 Å². The molecule has 1 aliphatic carbocycles. The maximum Gasteiger partial charge on any atom is 0.230 e. The van der Waals surface area contributed by atoms with E-state index in [1.807, 2.05) is 19.0 Å². The highest BCUT2D eigenvalue weighted by atomic mass is 16.2. The summed E-state index contributed by atoms with van der Waals surface area (Å²) in [4.78, 5) is 29.7. The first-order valence-corrected chi connectivity index (χ1v) is 11.0. The largest absolute Gasteiger partial charge is 0.348 e. The first-order valence-electron chi connectivity index (χ1n) is 11.0. The summed E-state index contributed by atoms with van der Waals surface area (Å²) in [7, 11) is 3.65. The summed E-state index contributed by atoms with van der Waals surface area (Å²) < 4.78 is 0. The molecular formula is C26H32N2O2. The molecule has 0 aromatic heterocycles. The van der Waals surface area contributed by atoms with E-state index in [1.165, 1.54) is 16.7 Å². The highest BCUT2D eigenvalue weighted by molar-refractivity contribution is 5.86. The molecule has 30 heavy (non-hydrogen) atoms. The second kappa shape index (κ2) is 8.25. The van der Waals surface area contributed by atoms with Crippen LogP contribution < -0.4 is 0 Å². The third-order valence-electron chi connectivity index (χ3n) is 6.56. The smallest absolute Gasteiger partial charge is 0.230 e. The molecule has 0 spiro atoms. The van der Waals surface area contributed by atoms with Crippen molar-refractivity contribution in [3.8, 4) is 11.1 Å². The molecule has 2 aromatic carbocycles. The maximum atomic E-state index is 13.3. The predicted molar refractivity (Wildman–Crippen MR) is 120 cm³/mol. The number of amides is 2. The van der Waals surface area contributed by atoms with Gasteiger partial charge in [0.25, 0.3) is 0 Å². The molecule has 1 saturated carbocycles. The molecule has 158 valence electrons. The van der Waals surface area contributed by atoms with Gasteiger partial charge in [-0.1, -0.05) is 54.1 Å². The number of carbonyl (C=O) groups is 2. The highest BCUT2D eigenvalue weighted by Crippen LogP contribution is 2.39. The molecule has 4 heteroatoms. The second-order valence-corrected chi connectivity index (χ2v) is 9.36. The van der Waals surface area contributed by atoms with E-state index in [-0.39, 0.29) is 17.7 Å². The van der Waals surface area contributed by atoms with Gasteiger partial charge in [0.15, 0.2) is 0 Å². The lowest BCUT2D eigenvalue weighted by atomic mass is 9.73. The number of rotatable bonds is 5. The lowest BCUT2D eigenvalue weighted by Crippen LogP contribution is -2.54. The van der Waals surface area contributed by atoms with Crippen LogP contribution in [0, 0.1) is 18.3 Å². The molecule has 2 aliphatic rings. The fourth-order valence-electron chi connectivity index (χ4n) is 4.73. The van der Waals surface area contributed by atoms with Gasteiger partial charge < -0.3 is 9.80 Å². The minimum Gasteiger partial charge on any atom is -0.348 e. The quantitative estimate of drug-likeness (QED) is 0.745. The van der Waals surface area contributed by atoms with Gasteiger partial charge in [-0.15, -0.1) is 0 Å². The minimum absolute atomic E-state index is 0.137. The number of hydrogen-bond donors (Lipinski definition) is 0. The average molecular weight is 405 g/mol. The minimum atomic E-state index is -0.530. The van der Waals surface area contributed by atoms with Crippen molar-refractivity contribution in [3.63, 3.8) is 0 Å². The van der Waals surface area contributed by atoms with E-state index < -0.39 is 5.41 Å². The number of piperidine rings is 1. The van der Waals surface area contributed by atoms with Gasteiger partial charge in [-0.05, 0) is 55.7 Å². The standard InChI is InChI=1S/C26H32N2O2/c1-19-5-9-21(10-6-19)22-11-7-20(8-12-22)17-26(25(30)27(2)3)15-4-16-28(18-26)24(29)23-13-14-23/h5-12,23H,4,13-18H2,1-3H3/t26-/m1/s1. The Bertz CT molecular complexity index is 913. The summed E-state index contributed by atoms with van der Waals surface area (Å²) >= 11 is 0. The molecule has 2 aromatic rings. The van der Waals surface area contributed by atoms with E-state index in [9.17, 15) is 9.59 Å². The second-order valence-electron chi connectivity index (χ2n) is 9.36. The molecule has 2 fully saturated rings. The Morgan fingerprint density at radius 3 is 2.17 bits per heavy atom.